The average molecular weight is 617 g/mol. The van der Waals surface area contributed by atoms with Gasteiger partial charge in [0.05, 0.1) is 17.7 Å². The molecule has 5 aromatic carbocycles. The maximum Gasteiger partial charge on any atom is 0.336 e. The molecule has 5 aromatic rings. The number of nitrogens with one attached hydrogen (secondary N) is 2. The van der Waals surface area contributed by atoms with Gasteiger partial charge in [-0.25, -0.2) is 9.68 Å². The Kier molecular flexibility index (Phi) is 11.4. The number of carboxylic acid groups (broad SMARTS) is 1. The summed E-state index contributed by atoms with van der Waals surface area (Å²) in [6.07, 6.45) is 1.38. The highest BCUT2D eigenvalue weighted by atomic mass is 17.1. The van der Waals surface area contributed by atoms with E-state index in [1.807, 2.05) is 84.9 Å². The van der Waals surface area contributed by atoms with Crippen LogP contribution in [0.15, 0.2) is 121 Å². The van der Waals surface area contributed by atoms with E-state index in [2.05, 4.69) is 33.9 Å². The molecular weight excluding hydrogens is 580 g/mol. The van der Waals surface area contributed by atoms with Gasteiger partial charge in [0.2, 0.25) is 0 Å². The Morgan fingerprint density at radius 3 is 1.74 bits per heavy atom. The van der Waals surface area contributed by atoms with Crippen molar-refractivity contribution < 1.29 is 29.7 Å². The van der Waals surface area contributed by atoms with E-state index < -0.39 is 11.9 Å². The van der Waals surface area contributed by atoms with Crippen molar-refractivity contribution >= 4 is 11.9 Å². The molecule has 0 aromatic heterocycles. The monoisotopic (exact) mass is 616 g/mol. The van der Waals surface area contributed by atoms with Gasteiger partial charge in [-0.05, 0) is 69.5 Å². The van der Waals surface area contributed by atoms with Crippen molar-refractivity contribution in [3.63, 3.8) is 0 Å². The number of hydroxylamine groups is 1. The van der Waals surface area contributed by atoms with Crippen molar-refractivity contribution in [3.8, 4) is 0 Å². The zero-order chi connectivity index (χ0) is 32.1. The SMILES string of the molecule is O=C(O)c1ccc(Cc2ccccc2)cc1C(=O)NCc1ccc(CNOCc2cc(Cc3ccccc3)ccc2COO)cc1. The van der Waals surface area contributed by atoms with Gasteiger partial charge in [0.15, 0.2) is 0 Å². The highest BCUT2D eigenvalue weighted by Gasteiger charge is 2.17. The number of carbonyl (C=O) groups is 2. The van der Waals surface area contributed by atoms with Crippen LogP contribution in [0.2, 0.25) is 0 Å². The smallest absolute Gasteiger partial charge is 0.336 e. The van der Waals surface area contributed by atoms with E-state index in [0.717, 1.165) is 45.4 Å². The molecular formula is C38H36N2O6. The summed E-state index contributed by atoms with van der Waals surface area (Å²) in [5, 5.41) is 21.5. The lowest BCUT2D eigenvalue weighted by molar-refractivity contribution is -0.253. The van der Waals surface area contributed by atoms with Crippen LogP contribution in [0.4, 0.5) is 0 Å². The Labute approximate surface area is 268 Å². The first-order chi connectivity index (χ1) is 22.5. The molecule has 0 spiro atoms. The molecule has 46 heavy (non-hydrogen) atoms. The van der Waals surface area contributed by atoms with Crippen LogP contribution in [-0.4, -0.2) is 22.2 Å². The van der Waals surface area contributed by atoms with Crippen molar-refractivity contribution in [2.45, 2.75) is 39.1 Å². The number of carboxylic acids is 1. The Bertz CT molecular complexity index is 1740. The molecule has 8 heteroatoms. The lowest BCUT2D eigenvalue weighted by Crippen LogP contribution is -2.25. The standard InChI is InChI=1S/C38H36N2O6/c41-37(36-22-32(16-18-35(36)38(42)43)20-28-9-5-2-6-10-28)39-23-29-11-13-30(14-12-29)24-40-45-25-34-21-31(15-17-33(34)26-46-44)19-27-7-3-1-4-8-27/h1-18,21-22,40,44H,19-20,23-26H2,(H,39,41)(H,42,43). The van der Waals surface area contributed by atoms with E-state index in [4.69, 9.17) is 10.1 Å². The third-order valence-corrected chi connectivity index (χ3v) is 7.63. The van der Waals surface area contributed by atoms with Gasteiger partial charge in [0.25, 0.3) is 5.91 Å². The summed E-state index contributed by atoms with van der Waals surface area (Å²) >= 11 is 0. The highest BCUT2D eigenvalue weighted by molar-refractivity contribution is 6.04. The molecule has 0 fully saturated rings. The molecule has 0 saturated carbocycles. The first-order valence-corrected chi connectivity index (χ1v) is 15.0. The maximum atomic E-state index is 13.1. The van der Waals surface area contributed by atoms with E-state index in [1.165, 1.54) is 11.6 Å². The Hall–Kier alpha value is -5.12. The molecule has 8 nitrogen and oxygen atoms in total. The first-order valence-electron chi connectivity index (χ1n) is 15.0. The van der Waals surface area contributed by atoms with E-state index in [0.29, 0.717) is 13.0 Å². The highest BCUT2D eigenvalue weighted by Crippen LogP contribution is 2.19. The molecule has 4 N–H and O–H groups in total. The topological polar surface area (TPSA) is 117 Å². The minimum absolute atomic E-state index is 0.0327. The number of hydrogen-bond acceptors (Lipinski definition) is 6. The fourth-order valence-electron chi connectivity index (χ4n) is 5.19. The largest absolute Gasteiger partial charge is 0.478 e. The Balaban J connectivity index is 1.13. The molecule has 0 unspecified atom stereocenters. The summed E-state index contributed by atoms with van der Waals surface area (Å²) in [5.41, 5.74) is 11.0. The van der Waals surface area contributed by atoms with Gasteiger partial charge in [0, 0.05) is 13.1 Å². The second-order valence-corrected chi connectivity index (χ2v) is 11.0. The molecule has 0 atom stereocenters. The number of benzene rings is 5. The molecule has 0 aliphatic carbocycles. The van der Waals surface area contributed by atoms with Gasteiger partial charge >= 0.3 is 5.97 Å². The molecule has 5 rings (SSSR count). The van der Waals surface area contributed by atoms with Crippen LogP contribution in [0.25, 0.3) is 0 Å². The number of amides is 1. The Morgan fingerprint density at radius 2 is 1.13 bits per heavy atom. The normalized spacial score (nSPS) is 10.9. The van der Waals surface area contributed by atoms with Crippen LogP contribution in [0.3, 0.4) is 0 Å². The lowest BCUT2D eigenvalue weighted by atomic mass is 9.98. The van der Waals surface area contributed by atoms with Gasteiger partial charge in [-0.15, -0.1) is 0 Å². The number of hydrogen-bond donors (Lipinski definition) is 4. The van der Waals surface area contributed by atoms with Gasteiger partial charge in [0.1, 0.15) is 6.61 Å². The van der Waals surface area contributed by atoms with E-state index in [9.17, 15) is 14.7 Å². The number of rotatable bonds is 15. The minimum Gasteiger partial charge on any atom is -0.478 e. The molecule has 0 heterocycles. The zero-order valence-electron chi connectivity index (χ0n) is 25.3. The van der Waals surface area contributed by atoms with Gasteiger partial charge < -0.3 is 10.4 Å². The fourth-order valence-corrected chi connectivity index (χ4v) is 5.19. The van der Waals surface area contributed by atoms with Crippen LogP contribution in [-0.2, 0) is 48.9 Å². The van der Waals surface area contributed by atoms with Gasteiger partial charge in [-0.1, -0.05) is 109 Å². The molecule has 0 saturated heterocycles. The molecule has 0 bridgehead atoms. The summed E-state index contributed by atoms with van der Waals surface area (Å²) in [7, 11) is 0. The Morgan fingerprint density at radius 1 is 0.565 bits per heavy atom. The van der Waals surface area contributed by atoms with Crippen molar-refractivity contribution in [3.05, 3.63) is 177 Å². The summed E-state index contributed by atoms with van der Waals surface area (Å²) < 4.78 is 0. The molecule has 0 aliphatic rings. The lowest BCUT2D eigenvalue weighted by Gasteiger charge is -2.13. The predicted octanol–water partition coefficient (Wildman–Crippen LogP) is 6.71. The average Bonchev–Trinajstić information content (AvgIpc) is 3.08. The maximum absolute atomic E-state index is 13.1. The zero-order valence-corrected chi connectivity index (χ0v) is 25.3. The molecule has 1 amide bonds. The van der Waals surface area contributed by atoms with Crippen molar-refractivity contribution in [2.24, 2.45) is 0 Å². The second kappa shape index (κ2) is 16.3. The van der Waals surface area contributed by atoms with Crippen LogP contribution in [0.1, 0.15) is 65.2 Å². The number of aromatic carboxylic acids is 1. The van der Waals surface area contributed by atoms with Gasteiger partial charge in [-0.2, -0.15) is 5.48 Å². The van der Waals surface area contributed by atoms with Crippen molar-refractivity contribution in [1.29, 1.82) is 0 Å². The summed E-state index contributed by atoms with van der Waals surface area (Å²) in [4.78, 5) is 35.0. The van der Waals surface area contributed by atoms with Gasteiger partial charge in [-0.3, -0.25) is 14.9 Å². The summed E-state index contributed by atoms with van der Waals surface area (Å²) in [5.74, 6) is -1.58. The molecule has 0 radical (unpaired) electrons. The quantitative estimate of drug-likeness (QED) is 0.0587. The van der Waals surface area contributed by atoms with Crippen molar-refractivity contribution in [2.75, 3.05) is 0 Å². The van der Waals surface area contributed by atoms with Crippen LogP contribution in [0.5, 0.6) is 0 Å². The first kappa shape index (κ1) is 32.3. The minimum atomic E-state index is -1.15. The van der Waals surface area contributed by atoms with E-state index in [1.54, 1.807) is 12.1 Å². The third-order valence-electron chi connectivity index (χ3n) is 7.63. The summed E-state index contributed by atoms with van der Waals surface area (Å²) in [6.45, 7) is 1.06. The fraction of sp³-hybridized carbons (Fsp3) is 0.158. The van der Waals surface area contributed by atoms with E-state index >= 15 is 0 Å². The van der Waals surface area contributed by atoms with Crippen LogP contribution < -0.4 is 10.8 Å². The van der Waals surface area contributed by atoms with Crippen molar-refractivity contribution in [1.82, 2.24) is 10.8 Å². The van der Waals surface area contributed by atoms with Crippen LogP contribution in [0, 0.1) is 0 Å². The third kappa shape index (κ3) is 9.20. The second-order valence-electron chi connectivity index (χ2n) is 11.0. The van der Waals surface area contributed by atoms with Crippen LogP contribution >= 0.6 is 0 Å². The van der Waals surface area contributed by atoms with E-state index in [-0.39, 0.29) is 30.9 Å². The number of carbonyl (C=O) groups excluding carboxylic acids is 1. The molecule has 0 aliphatic heterocycles. The predicted molar refractivity (Wildman–Crippen MR) is 175 cm³/mol. The molecule has 234 valence electrons. The summed E-state index contributed by atoms with van der Waals surface area (Å²) in [6, 6.07) is 38.6.